The van der Waals surface area contributed by atoms with Gasteiger partial charge >= 0.3 is 5.97 Å². The van der Waals surface area contributed by atoms with E-state index in [1.165, 1.54) is 7.11 Å². The first-order chi connectivity index (χ1) is 15.8. The number of hydrogen-bond acceptors (Lipinski definition) is 7. The summed E-state index contributed by atoms with van der Waals surface area (Å²) in [6.07, 6.45) is 1.97. The molecule has 2 amide bonds. The summed E-state index contributed by atoms with van der Waals surface area (Å²) in [5.74, 6) is -0.0850. The maximum absolute atomic E-state index is 12.7. The number of esters is 1. The minimum atomic E-state index is -0.609. The second-order valence-corrected chi connectivity index (χ2v) is 9.21. The molecule has 0 aromatic heterocycles. The van der Waals surface area contributed by atoms with Gasteiger partial charge < -0.3 is 14.2 Å². The molecule has 2 aromatic carbocycles. The van der Waals surface area contributed by atoms with Crippen LogP contribution in [0.15, 0.2) is 51.8 Å². The van der Waals surface area contributed by atoms with E-state index >= 15 is 0 Å². The summed E-state index contributed by atoms with van der Waals surface area (Å²) in [4.78, 5) is 38.0. The highest BCUT2D eigenvalue weighted by atomic mass is 79.9. The molecule has 1 aliphatic rings. The Bertz CT molecular complexity index is 1070. The van der Waals surface area contributed by atoms with Gasteiger partial charge in [0.05, 0.1) is 18.1 Å². The van der Waals surface area contributed by atoms with Gasteiger partial charge in [0, 0.05) is 4.47 Å². The lowest BCUT2D eigenvalue weighted by atomic mass is 10.1. The van der Waals surface area contributed by atoms with Crippen LogP contribution >= 0.6 is 27.7 Å². The van der Waals surface area contributed by atoms with Crippen molar-refractivity contribution in [3.63, 3.8) is 0 Å². The molecule has 2 aromatic rings. The summed E-state index contributed by atoms with van der Waals surface area (Å²) >= 11 is 4.19. The SMILES string of the molecule is CC[C@H](C)OC(=O)CN1C(=O)S/C(=C\c2ccc(OCc3ccc(Br)cc3)c(OC)c2)C1=O. The Hall–Kier alpha value is -2.78. The highest BCUT2D eigenvalue weighted by molar-refractivity contribution is 9.10. The van der Waals surface area contributed by atoms with Crippen molar-refractivity contribution in [3.05, 3.63) is 63.0 Å². The van der Waals surface area contributed by atoms with Crippen LogP contribution in [0.1, 0.15) is 31.4 Å². The van der Waals surface area contributed by atoms with Gasteiger partial charge in [-0.2, -0.15) is 0 Å². The molecule has 0 radical (unpaired) electrons. The van der Waals surface area contributed by atoms with Crippen molar-refractivity contribution in [3.8, 4) is 11.5 Å². The number of imide groups is 1. The van der Waals surface area contributed by atoms with Crippen LogP contribution in [0, 0.1) is 0 Å². The third-order valence-corrected chi connectivity index (χ3v) is 6.30. The van der Waals surface area contributed by atoms with Crippen LogP contribution in [0.2, 0.25) is 0 Å². The van der Waals surface area contributed by atoms with Crippen LogP contribution in [0.25, 0.3) is 6.08 Å². The molecule has 174 valence electrons. The quantitative estimate of drug-likeness (QED) is 0.314. The van der Waals surface area contributed by atoms with Crippen LogP contribution < -0.4 is 9.47 Å². The van der Waals surface area contributed by atoms with E-state index in [9.17, 15) is 14.4 Å². The number of amides is 2. The van der Waals surface area contributed by atoms with Gasteiger partial charge in [0.2, 0.25) is 0 Å². The lowest BCUT2D eigenvalue weighted by Crippen LogP contribution is -2.35. The molecule has 0 N–H and O–H groups in total. The average Bonchev–Trinajstić information content (AvgIpc) is 3.06. The van der Waals surface area contributed by atoms with E-state index in [2.05, 4.69) is 15.9 Å². The number of hydrogen-bond donors (Lipinski definition) is 0. The number of nitrogens with zero attached hydrogens (tertiary/aromatic N) is 1. The van der Waals surface area contributed by atoms with Gasteiger partial charge in [-0.25, -0.2) is 0 Å². The molecule has 0 aliphatic carbocycles. The Balaban J connectivity index is 1.69. The topological polar surface area (TPSA) is 82.1 Å². The zero-order valence-electron chi connectivity index (χ0n) is 18.5. The Morgan fingerprint density at radius 2 is 1.88 bits per heavy atom. The van der Waals surface area contributed by atoms with Crippen LogP contribution in [-0.4, -0.2) is 41.8 Å². The van der Waals surface area contributed by atoms with E-state index in [0.29, 0.717) is 30.1 Å². The van der Waals surface area contributed by atoms with Crippen LogP contribution in [0.5, 0.6) is 11.5 Å². The standard InChI is InChI=1S/C24H24BrNO6S/c1-4-15(2)32-22(27)13-26-23(28)21(33-24(26)29)12-17-7-10-19(20(11-17)30-3)31-14-16-5-8-18(25)9-6-16/h5-12,15H,4,13-14H2,1-3H3/b21-12-/t15-/m0/s1. The van der Waals surface area contributed by atoms with E-state index in [4.69, 9.17) is 14.2 Å². The van der Waals surface area contributed by atoms with Crippen LogP contribution in [0.4, 0.5) is 4.79 Å². The number of halogens is 1. The number of benzene rings is 2. The van der Waals surface area contributed by atoms with Gasteiger partial charge in [-0.15, -0.1) is 0 Å². The smallest absolute Gasteiger partial charge is 0.326 e. The second-order valence-electron chi connectivity index (χ2n) is 7.30. The molecule has 1 saturated heterocycles. The Kier molecular flexibility index (Phi) is 8.57. The van der Waals surface area contributed by atoms with Crippen molar-refractivity contribution >= 4 is 50.9 Å². The number of methoxy groups -OCH3 is 1. The fourth-order valence-electron chi connectivity index (χ4n) is 2.90. The maximum atomic E-state index is 12.7. The van der Waals surface area contributed by atoms with Gasteiger partial charge in [-0.05, 0) is 66.6 Å². The predicted molar refractivity (Wildman–Crippen MR) is 130 cm³/mol. The minimum Gasteiger partial charge on any atom is -0.493 e. The van der Waals surface area contributed by atoms with Crippen molar-refractivity contribution in [1.29, 1.82) is 0 Å². The predicted octanol–water partition coefficient (Wildman–Crippen LogP) is 5.41. The molecule has 0 unspecified atom stereocenters. The third kappa shape index (κ3) is 6.61. The fraction of sp³-hybridized carbons (Fsp3) is 0.292. The summed E-state index contributed by atoms with van der Waals surface area (Å²) in [5.41, 5.74) is 1.67. The molecule has 1 atom stereocenters. The molecule has 33 heavy (non-hydrogen) atoms. The molecule has 1 aliphatic heterocycles. The highest BCUT2D eigenvalue weighted by Crippen LogP contribution is 2.34. The first kappa shape index (κ1) is 24.9. The lowest BCUT2D eigenvalue weighted by Gasteiger charge is -2.14. The van der Waals surface area contributed by atoms with E-state index in [-0.39, 0.29) is 11.0 Å². The van der Waals surface area contributed by atoms with Crippen molar-refractivity contribution in [2.45, 2.75) is 33.0 Å². The zero-order valence-corrected chi connectivity index (χ0v) is 20.9. The summed E-state index contributed by atoms with van der Waals surface area (Å²) in [5, 5.41) is -0.506. The molecule has 0 spiro atoms. The first-order valence-corrected chi connectivity index (χ1v) is 11.9. The number of carbonyl (C=O) groups excluding carboxylic acids is 3. The summed E-state index contributed by atoms with van der Waals surface area (Å²) in [7, 11) is 1.53. The van der Waals surface area contributed by atoms with Gasteiger partial charge in [-0.1, -0.05) is 41.1 Å². The molecular formula is C24H24BrNO6S. The van der Waals surface area contributed by atoms with Gasteiger partial charge in [0.15, 0.2) is 11.5 Å². The Morgan fingerprint density at radius 1 is 1.15 bits per heavy atom. The van der Waals surface area contributed by atoms with E-state index in [1.54, 1.807) is 31.2 Å². The minimum absolute atomic E-state index is 0.224. The highest BCUT2D eigenvalue weighted by Gasteiger charge is 2.36. The van der Waals surface area contributed by atoms with Crippen molar-refractivity contribution < 1.29 is 28.6 Å². The van der Waals surface area contributed by atoms with E-state index < -0.39 is 23.7 Å². The van der Waals surface area contributed by atoms with Crippen molar-refractivity contribution in [2.24, 2.45) is 0 Å². The number of carbonyl (C=O) groups is 3. The van der Waals surface area contributed by atoms with E-state index in [0.717, 1.165) is 26.7 Å². The second kappa shape index (κ2) is 11.4. The maximum Gasteiger partial charge on any atom is 0.326 e. The monoisotopic (exact) mass is 533 g/mol. The van der Waals surface area contributed by atoms with Crippen molar-refractivity contribution in [1.82, 2.24) is 4.90 Å². The lowest BCUT2D eigenvalue weighted by molar-refractivity contribution is -0.150. The van der Waals surface area contributed by atoms with Gasteiger partial charge in [0.25, 0.3) is 11.1 Å². The molecule has 3 rings (SSSR count). The van der Waals surface area contributed by atoms with Crippen LogP contribution in [-0.2, 0) is 20.9 Å². The van der Waals surface area contributed by atoms with Gasteiger partial charge in [-0.3, -0.25) is 19.3 Å². The number of ether oxygens (including phenoxy) is 3. The summed E-state index contributed by atoms with van der Waals surface area (Å²) in [6.45, 7) is 3.60. The molecule has 9 heteroatoms. The molecule has 0 bridgehead atoms. The zero-order chi connectivity index (χ0) is 24.0. The summed E-state index contributed by atoms with van der Waals surface area (Å²) < 4.78 is 17.5. The molecule has 1 fully saturated rings. The number of rotatable bonds is 9. The molecule has 7 nitrogen and oxygen atoms in total. The van der Waals surface area contributed by atoms with Crippen molar-refractivity contribution in [2.75, 3.05) is 13.7 Å². The van der Waals surface area contributed by atoms with Crippen LogP contribution in [0.3, 0.4) is 0 Å². The Morgan fingerprint density at radius 3 is 2.55 bits per heavy atom. The number of thioether (sulfide) groups is 1. The van der Waals surface area contributed by atoms with E-state index in [1.807, 2.05) is 31.2 Å². The molecular weight excluding hydrogens is 510 g/mol. The average molecular weight is 534 g/mol. The van der Waals surface area contributed by atoms with Gasteiger partial charge in [0.1, 0.15) is 13.2 Å². The normalized spacial score (nSPS) is 15.6. The largest absolute Gasteiger partial charge is 0.493 e. The third-order valence-electron chi connectivity index (χ3n) is 4.86. The fourth-order valence-corrected chi connectivity index (χ4v) is 4.00. The first-order valence-electron chi connectivity index (χ1n) is 10.3. The molecule has 1 heterocycles. The Labute approximate surface area is 205 Å². The summed E-state index contributed by atoms with van der Waals surface area (Å²) in [6, 6.07) is 13.0. The molecule has 0 saturated carbocycles.